The maximum Gasteiger partial charge on any atom is 0.161 e. The second-order valence-corrected chi connectivity index (χ2v) is 9.74. The zero-order valence-corrected chi connectivity index (χ0v) is 22.0. The van der Waals surface area contributed by atoms with Crippen molar-refractivity contribution in [1.82, 2.24) is 0 Å². The van der Waals surface area contributed by atoms with Crippen molar-refractivity contribution >= 4 is 5.57 Å². The smallest absolute Gasteiger partial charge is 0.161 e. The molecule has 0 heterocycles. The summed E-state index contributed by atoms with van der Waals surface area (Å²) in [6.45, 7) is 23.2. The SMILES string of the molecule is C=CC(=C)c1cc(OCC(CC)CCCC)c(OCC(CC)CCCC)cc1CC(C)C. The van der Waals surface area contributed by atoms with Gasteiger partial charge in [0, 0.05) is 0 Å². The van der Waals surface area contributed by atoms with E-state index in [9.17, 15) is 0 Å². The van der Waals surface area contributed by atoms with Crippen molar-refractivity contribution in [3.63, 3.8) is 0 Å². The van der Waals surface area contributed by atoms with Crippen molar-refractivity contribution in [1.29, 1.82) is 0 Å². The van der Waals surface area contributed by atoms with Gasteiger partial charge in [-0.3, -0.25) is 0 Å². The maximum absolute atomic E-state index is 6.44. The Kier molecular flexibility index (Phi) is 14.2. The molecule has 0 bridgehead atoms. The largest absolute Gasteiger partial charge is 0.489 e. The van der Waals surface area contributed by atoms with E-state index in [4.69, 9.17) is 9.47 Å². The number of hydrogen-bond acceptors (Lipinski definition) is 2. The van der Waals surface area contributed by atoms with E-state index in [0.29, 0.717) is 17.8 Å². The van der Waals surface area contributed by atoms with Gasteiger partial charge < -0.3 is 9.47 Å². The van der Waals surface area contributed by atoms with E-state index in [1.54, 1.807) is 0 Å². The van der Waals surface area contributed by atoms with Crippen molar-refractivity contribution < 1.29 is 9.47 Å². The minimum absolute atomic E-state index is 0.553. The molecule has 2 nitrogen and oxygen atoms in total. The highest BCUT2D eigenvalue weighted by atomic mass is 16.5. The van der Waals surface area contributed by atoms with Crippen molar-refractivity contribution in [3.05, 3.63) is 42.5 Å². The maximum atomic E-state index is 6.44. The Morgan fingerprint density at radius 3 is 1.78 bits per heavy atom. The molecule has 1 aromatic rings. The van der Waals surface area contributed by atoms with Crippen LogP contribution in [0.25, 0.3) is 5.57 Å². The highest BCUT2D eigenvalue weighted by Gasteiger charge is 2.17. The Labute approximate surface area is 199 Å². The van der Waals surface area contributed by atoms with Crippen molar-refractivity contribution in [2.75, 3.05) is 13.2 Å². The van der Waals surface area contributed by atoms with E-state index in [2.05, 4.69) is 66.8 Å². The second-order valence-electron chi connectivity index (χ2n) is 9.74. The van der Waals surface area contributed by atoms with Crippen LogP contribution in [-0.2, 0) is 6.42 Å². The molecule has 0 aliphatic heterocycles. The summed E-state index contributed by atoms with van der Waals surface area (Å²) in [5.74, 6) is 3.47. The molecule has 0 N–H and O–H groups in total. The van der Waals surface area contributed by atoms with Gasteiger partial charge in [-0.2, -0.15) is 0 Å². The summed E-state index contributed by atoms with van der Waals surface area (Å²) < 4.78 is 12.9. The average molecular weight is 443 g/mol. The van der Waals surface area contributed by atoms with Crippen LogP contribution < -0.4 is 9.47 Å². The van der Waals surface area contributed by atoms with E-state index in [1.165, 1.54) is 44.1 Å². The molecule has 182 valence electrons. The standard InChI is InChI=1S/C30H50O2/c1-9-14-16-25(12-4)21-31-29-19-27(18-23(6)7)28(24(8)11-3)20-30(29)32-22-26(13-5)17-15-10-2/h11,19-20,23,25-26H,3,8-10,12-18,21-22H2,1-2,4-7H3. The fourth-order valence-corrected chi connectivity index (χ4v) is 4.06. The van der Waals surface area contributed by atoms with Gasteiger partial charge in [0.2, 0.25) is 0 Å². The summed E-state index contributed by atoms with van der Waals surface area (Å²) in [6, 6.07) is 4.36. The predicted molar refractivity (Wildman–Crippen MR) is 142 cm³/mol. The second kappa shape index (κ2) is 16.0. The lowest BCUT2D eigenvalue weighted by molar-refractivity contribution is 0.199. The molecule has 0 spiro atoms. The molecule has 0 aliphatic rings. The minimum Gasteiger partial charge on any atom is -0.489 e. The van der Waals surface area contributed by atoms with Gasteiger partial charge in [-0.05, 0) is 65.8 Å². The van der Waals surface area contributed by atoms with E-state index in [0.717, 1.165) is 55.1 Å². The lowest BCUT2D eigenvalue weighted by atomic mass is 9.93. The topological polar surface area (TPSA) is 18.5 Å². The van der Waals surface area contributed by atoms with E-state index < -0.39 is 0 Å². The van der Waals surface area contributed by atoms with Crippen LogP contribution in [0.4, 0.5) is 0 Å². The van der Waals surface area contributed by atoms with Crippen LogP contribution in [0, 0.1) is 17.8 Å². The quantitative estimate of drug-likeness (QED) is 0.211. The highest BCUT2D eigenvalue weighted by molar-refractivity contribution is 5.75. The molecule has 2 unspecified atom stereocenters. The van der Waals surface area contributed by atoms with Gasteiger partial charge in [-0.1, -0.05) is 99.3 Å². The molecule has 0 saturated carbocycles. The Hall–Kier alpha value is -1.70. The third kappa shape index (κ3) is 9.84. The van der Waals surface area contributed by atoms with Crippen LogP contribution in [0.15, 0.2) is 31.4 Å². The Morgan fingerprint density at radius 1 is 0.875 bits per heavy atom. The van der Waals surface area contributed by atoms with Crippen LogP contribution in [0.1, 0.15) is 104 Å². The normalized spacial score (nSPS) is 13.1. The predicted octanol–water partition coefficient (Wildman–Crippen LogP) is 9.27. The fraction of sp³-hybridized carbons (Fsp3) is 0.667. The zero-order valence-electron chi connectivity index (χ0n) is 22.0. The van der Waals surface area contributed by atoms with Gasteiger partial charge in [0.15, 0.2) is 11.5 Å². The number of allylic oxidation sites excluding steroid dienone is 2. The van der Waals surface area contributed by atoms with E-state index in [-0.39, 0.29) is 0 Å². The summed E-state index contributed by atoms with van der Waals surface area (Å²) in [7, 11) is 0. The van der Waals surface area contributed by atoms with Crippen LogP contribution in [0.3, 0.4) is 0 Å². The van der Waals surface area contributed by atoms with Gasteiger partial charge in [0.1, 0.15) is 0 Å². The van der Waals surface area contributed by atoms with Crippen LogP contribution in [-0.4, -0.2) is 13.2 Å². The molecular weight excluding hydrogens is 392 g/mol. The molecule has 1 aromatic carbocycles. The van der Waals surface area contributed by atoms with Crippen molar-refractivity contribution in [3.8, 4) is 11.5 Å². The molecule has 2 heteroatoms. The molecular formula is C30H50O2. The number of rotatable bonds is 18. The Bertz CT molecular complexity index is 674. The molecule has 32 heavy (non-hydrogen) atoms. The molecule has 0 aliphatic carbocycles. The Balaban J connectivity index is 3.21. The molecule has 0 radical (unpaired) electrons. The van der Waals surface area contributed by atoms with Gasteiger partial charge in [0.05, 0.1) is 13.2 Å². The monoisotopic (exact) mass is 442 g/mol. The Morgan fingerprint density at radius 2 is 1.38 bits per heavy atom. The van der Waals surface area contributed by atoms with Crippen LogP contribution in [0.2, 0.25) is 0 Å². The third-order valence-corrected chi connectivity index (χ3v) is 6.43. The summed E-state index contributed by atoms with van der Waals surface area (Å²) >= 11 is 0. The summed E-state index contributed by atoms with van der Waals surface area (Å²) in [6.07, 6.45) is 12.5. The first-order valence-electron chi connectivity index (χ1n) is 13.1. The molecule has 0 fully saturated rings. The fourth-order valence-electron chi connectivity index (χ4n) is 4.06. The van der Waals surface area contributed by atoms with E-state index >= 15 is 0 Å². The number of hydrogen-bond donors (Lipinski definition) is 0. The van der Waals surface area contributed by atoms with Crippen molar-refractivity contribution in [2.24, 2.45) is 17.8 Å². The molecule has 0 aromatic heterocycles. The third-order valence-electron chi connectivity index (χ3n) is 6.43. The summed E-state index contributed by atoms with van der Waals surface area (Å²) in [5, 5.41) is 0. The zero-order chi connectivity index (χ0) is 23.9. The summed E-state index contributed by atoms with van der Waals surface area (Å²) in [4.78, 5) is 0. The lowest BCUT2D eigenvalue weighted by Crippen LogP contribution is -2.15. The summed E-state index contributed by atoms with van der Waals surface area (Å²) in [5.41, 5.74) is 3.35. The molecule has 2 atom stereocenters. The first-order chi connectivity index (χ1) is 15.4. The first-order valence-corrected chi connectivity index (χ1v) is 13.1. The molecule has 1 rings (SSSR count). The number of ether oxygens (including phenoxy) is 2. The number of unbranched alkanes of at least 4 members (excludes halogenated alkanes) is 2. The van der Waals surface area contributed by atoms with Gasteiger partial charge in [0.25, 0.3) is 0 Å². The van der Waals surface area contributed by atoms with E-state index in [1.807, 2.05) is 6.08 Å². The highest BCUT2D eigenvalue weighted by Crippen LogP contribution is 2.36. The van der Waals surface area contributed by atoms with Crippen LogP contribution >= 0.6 is 0 Å². The van der Waals surface area contributed by atoms with Gasteiger partial charge in [-0.25, -0.2) is 0 Å². The van der Waals surface area contributed by atoms with Crippen molar-refractivity contribution in [2.45, 2.75) is 99.3 Å². The first kappa shape index (κ1) is 28.3. The molecule has 0 amide bonds. The lowest BCUT2D eigenvalue weighted by Gasteiger charge is -2.22. The van der Waals surface area contributed by atoms with Gasteiger partial charge >= 0.3 is 0 Å². The molecule has 0 saturated heterocycles. The minimum atomic E-state index is 0.553. The van der Waals surface area contributed by atoms with Gasteiger partial charge in [-0.15, -0.1) is 0 Å². The average Bonchev–Trinajstić information content (AvgIpc) is 2.79. The van der Waals surface area contributed by atoms with Crippen LogP contribution in [0.5, 0.6) is 11.5 Å². The number of benzene rings is 1.